The van der Waals surface area contributed by atoms with Gasteiger partial charge in [-0.2, -0.15) is 0 Å². The molecule has 2 N–H and O–H groups in total. The highest BCUT2D eigenvalue weighted by Crippen LogP contribution is 2.30. The Bertz CT molecular complexity index is 1180. The third-order valence-corrected chi connectivity index (χ3v) is 4.88. The number of rotatable bonds is 6. The fraction of sp³-hybridized carbons (Fsp3) is 0.0476. The number of carbonyl (C=O) groups excluding carboxylic acids is 2. The summed E-state index contributed by atoms with van der Waals surface area (Å²) in [5.74, 6) is -0.705. The van der Waals surface area contributed by atoms with Crippen LogP contribution in [0.3, 0.4) is 0 Å². The van der Waals surface area contributed by atoms with E-state index < -0.39 is 16.7 Å². The predicted molar refractivity (Wildman–Crippen MR) is 118 cm³/mol. The Morgan fingerprint density at radius 3 is 2.35 bits per heavy atom. The molecule has 0 atom stereocenters. The standard InChI is InChI=1S/C21H15Cl2N3O5/c1-31-19-11-13(24-20(27)12-6-8-16(23)18(10-12)26(29)30)7-9-17(19)25-21(28)14-4-2-3-5-15(14)22/h2-11H,1H3,(H,24,27)(H,25,28). The Kier molecular flexibility index (Phi) is 6.74. The van der Waals surface area contributed by atoms with Crippen LogP contribution in [-0.4, -0.2) is 23.8 Å². The minimum atomic E-state index is -0.668. The Balaban J connectivity index is 1.79. The summed E-state index contributed by atoms with van der Waals surface area (Å²) < 4.78 is 5.30. The second kappa shape index (κ2) is 9.46. The van der Waals surface area contributed by atoms with Crippen LogP contribution in [0.15, 0.2) is 60.7 Å². The average molecular weight is 460 g/mol. The summed E-state index contributed by atoms with van der Waals surface area (Å²) in [4.78, 5) is 35.3. The molecule has 0 saturated carbocycles. The zero-order chi connectivity index (χ0) is 22.5. The van der Waals surface area contributed by atoms with E-state index in [0.717, 1.165) is 6.07 Å². The highest BCUT2D eigenvalue weighted by atomic mass is 35.5. The molecule has 0 aliphatic rings. The van der Waals surface area contributed by atoms with E-state index in [-0.39, 0.29) is 16.3 Å². The van der Waals surface area contributed by atoms with Gasteiger partial charge in [-0.15, -0.1) is 0 Å². The van der Waals surface area contributed by atoms with E-state index in [0.29, 0.717) is 27.7 Å². The molecular formula is C21H15Cl2N3O5. The third kappa shape index (κ3) is 5.11. The number of methoxy groups -OCH3 is 1. The van der Waals surface area contributed by atoms with E-state index in [1.54, 1.807) is 36.4 Å². The van der Waals surface area contributed by atoms with Crippen molar-refractivity contribution in [2.24, 2.45) is 0 Å². The molecule has 31 heavy (non-hydrogen) atoms. The van der Waals surface area contributed by atoms with Gasteiger partial charge in [-0.3, -0.25) is 19.7 Å². The summed E-state index contributed by atoms with van der Waals surface area (Å²) in [5, 5.41) is 16.6. The van der Waals surface area contributed by atoms with Gasteiger partial charge in [0, 0.05) is 23.4 Å². The molecule has 0 saturated heterocycles. The summed E-state index contributed by atoms with van der Waals surface area (Å²) in [6, 6.07) is 14.9. The first-order valence-electron chi connectivity index (χ1n) is 8.79. The summed E-state index contributed by atoms with van der Waals surface area (Å²) in [6.07, 6.45) is 0. The molecule has 0 unspecified atom stereocenters. The van der Waals surface area contributed by atoms with Gasteiger partial charge >= 0.3 is 0 Å². The zero-order valence-electron chi connectivity index (χ0n) is 16.0. The molecule has 0 bridgehead atoms. The maximum atomic E-state index is 12.5. The lowest BCUT2D eigenvalue weighted by Gasteiger charge is -2.13. The van der Waals surface area contributed by atoms with E-state index in [9.17, 15) is 19.7 Å². The number of nitro benzene ring substituents is 1. The van der Waals surface area contributed by atoms with Gasteiger partial charge in [0.05, 0.1) is 28.3 Å². The Hall–Kier alpha value is -3.62. The predicted octanol–water partition coefficient (Wildman–Crippen LogP) is 5.41. The molecule has 0 aliphatic carbocycles. The van der Waals surface area contributed by atoms with Crippen LogP contribution < -0.4 is 15.4 Å². The van der Waals surface area contributed by atoms with Gasteiger partial charge in [0.2, 0.25) is 0 Å². The minimum Gasteiger partial charge on any atom is -0.494 e. The van der Waals surface area contributed by atoms with Crippen LogP contribution in [0.5, 0.6) is 5.75 Å². The number of halogens is 2. The number of nitrogens with zero attached hydrogens (tertiary/aromatic N) is 1. The van der Waals surface area contributed by atoms with Crippen LogP contribution in [0, 0.1) is 10.1 Å². The number of hydrogen-bond donors (Lipinski definition) is 2. The summed E-state index contributed by atoms with van der Waals surface area (Å²) in [7, 11) is 1.41. The van der Waals surface area contributed by atoms with Crippen LogP contribution in [0.1, 0.15) is 20.7 Å². The van der Waals surface area contributed by atoms with Gasteiger partial charge in [-0.1, -0.05) is 35.3 Å². The Morgan fingerprint density at radius 1 is 0.935 bits per heavy atom. The van der Waals surface area contributed by atoms with Gasteiger partial charge in [0.25, 0.3) is 17.5 Å². The largest absolute Gasteiger partial charge is 0.494 e. The average Bonchev–Trinajstić information content (AvgIpc) is 2.75. The van der Waals surface area contributed by atoms with Crippen molar-refractivity contribution in [3.63, 3.8) is 0 Å². The molecule has 0 spiro atoms. The fourth-order valence-electron chi connectivity index (χ4n) is 2.70. The first kappa shape index (κ1) is 22.1. The number of ether oxygens (including phenoxy) is 1. The summed E-state index contributed by atoms with van der Waals surface area (Å²) in [6.45, 7) is 0. The molecule has 3 aromatic carbocycles. The second-order valence-electron chi connectivity index (χ2n) is 6.23. The van der Waals surface area contributed by atoms with E-state index >= 15 is 0 Å². The minimum absolute atomic E-state index is 0.0613. The van der Waals surface area contributed by atoms with Gasteiger partial charge in [-0.25, -0.2) is 0 Å². The van der Waals surface area contributed by atoms with Crippen molar-refractivity contribution in [2.75, 3.05) is 17.7 Å². The fourth-order valence-corrected chi connectivity index (χ4v) is 3.11. The van der Waals surface area contributed by atoms with Crippen molar-refractivity contribution in [3.8, 4) is 5.75 Å². The maximum Gasteiger partial charge on any atom is 0.288 e. The molecule has 8 nitrogen and oxygen atoms in total. The summed E-state index contributed by atoms with van der Waals surface area (Å²) >= 11 is 11.8. The lowest BCUT2D eigenvalue weighted by Crippen LogP contribution is -2.14. The van der Waals surface area contributed by atoms with Crippen molar-refractivity contribution in [3.05, 3.63) is 92.0 Å². The van der Waals surface area contributed by atoms with Crippen molar-refractivity contribution in [1.29, 1.82) is 0 Å². The number of anilines is 2. The zero-order valence-corrected chi connectivity index (χ0v) is 17.5. The number of carbonyl (C=O) groups is 2. The maximum absolute atomic E-state index is 12.5. The van der Waals surface area contributed by atoms with E-state index in [1.165, 1.54) is 25.3 Å². The van der Waals surface area contributed by atoms with Crippen LogP contribution in [0.2, 0.25) is 10.0 Å². The number of benzene rings is 3. The third-order valence-electron chi connectivity index (χ3n) is 4.23. The van der Waals surface area contributed by atoms with E-state index in [1.807, 2.05) is 0 Å². The van der Waals surface area contributed by atoms with Crippen molar-refractivity contribution >= 4 is 52.1 Å². The molecule has 0 heterocycles. The highest BCUT2D eigenvalue weighted by molar-refractivity contribution is 6.34. The molecule has 10 heteroatoms. The number of nitro groups is 1. The van der Waals surface area contributed by atoms with Crippen LogP contribution in [0.4, 0.5) is 17.1 Å². The molecule has 158 valence electrons. The van der Waals surface area contributed by atoms with E-state index in [2.05, 4.69) is 10.6 Å². The molecule has 2 amide bonds. The molecule has 0 aromatic heterocycles. The monoisotopic (exact) mass is 459 g/mol. The van der Waals surface area contributed by atoms with Gasteiger partial charge in [0.15, 0.2) is 0 Å². The Morgan fingerprint density at radius 2 is 1.68 bits per heavy atom. The lowest BCUT2D eigenvalue weighted by atomic mass is 10.1. The van der Waals surface area contributed by atoms with E-state index in [4.69, 9.17) is 27.9 Å². The number of nitrogens with one attached hydrogen (secondary N) is 2. The topological polar surface area (TPSA) is 111 Å². The smallest absolute Gasteiger partial charge is 0.288 e. The van der Waals surface area contributed by atoms with Crippen molar-refractivity contribution < 1.29 is 19.2 Å². The summed E-state index contributed by atoms with van der Waals surface area (Å²) in [5.41, 5.74) is 0.714. The SMILES string of the molecule is COc1cc(NC(=O)c2ccc(Cl)c([N+](=O)[O-])c2)ccc1NC(=O)c1ccccc1Cl. The van der Waals surface area contributed by atoms with Crippen LogP contribution >= 0.6 is 23.2 Å². The first-order chi connectivity index (χ1) is 14.8. The number of hydrogen-bond acceptors (Lipinski definition) is 5. The normalized spacial score (nSPS) is 10.3. The van der Waals surface area contributed by atoms with Gasteiger partial charge < -0.3 is 15.4 Å². The molecular weight excluding hydrogens is 445 g/mol. The highest BCUT2D eigenvalue weighted by Gasteiger charge is 2.17. The molecule has 0 radical (unpaired) electrons. The molecule has 3 rings (SSSR count). The number of amides is 2. The van der Waals surface area contributed by atoms with Crippen LogP contribution in [-0.2, 0) is 0 Å². The first-order valence-corrected chi connectivity index (χ1v) is 9.55. The quantitative estimate of drug-likeness (QED) is 0.377. The van der Waals surface area contributed by atoms with Crippen molar-refractivity contribution in [1.82, 2.24) is 0 Å². The lowest BCUT2D eigenvalue weighted by molar-refractivity contribution is -0.384. The molecule has 3 aromatic rings. The molecule has 0 fully saturated rings. The van der Waals surface area contributed by atoms with Crippen molar-refractivity contribution in [2.45, 2.75) is 0 Å². The van der Waals surface area contributed by atoms with Crippen LogP contribution in [0.25, 0.3) is 0 Å². The molecule has 0 aliphatic heterocycles. The second-order valence-corrected chi connectivity index (χ2v) is 7.04. The Labute approximate surface area is 186 Å². The van der Waals surface area contributed by atoms with Gasteiger partial charge in [-0.05, 0) is 36.4 Å². The van der Waals surface area contributed by atoms with Gasteiger partial charge in [0.1, 0.15) is 10.8 Å².